The van der Waals surface area contributed by atoms with Gasteiger partial charge in [-0.25, -0.2) is 9.13 Å². The van der Waals surface area contributed by atoms with Gasteiger partial charge in [-0.2, -0.15) is 0 Å². The zero-order valence-electron chi connectivity index (χ0n) is 57.6. The van der Waals surface area contributed by atoms with Gasteiger partial charge in [0.05, 0.1) is 26.4 Å². The highest BCUT2D eigenvalue weighted by Crippen LogP contribution is 2.45. The Morgan fingerprint density at radius 3 is 0.764 bits per heavy atom. The van der Waals surface area contributed by atoms with Crippen LogP contribution in [0.4, 0.5) is 0 Å². The molecule has 0 radical (unpaired) electrons. The van der Waals surface area contributed by atoms with Crippen molar-refractivity contribution in [1.82, 2.24) is 0 Å². The van der Waals surface area contributed by atoms with Gasteiger partial charge in [0, 0.05) is 25.7 Å². The number of aliphatic hydroxyl groups is 1. The topological polar surface area (TPSA) is 237 Å². The minimum absolute atomic E-state index is 0.107. The van der Waals surface area contributed by atoms with Gasteiger partial charge in [-0.3, -0.25) is 37.3 Å². The first-order chi connectivity index (χ1) is 43.0. The minimum Gasteiger partial charge on any atom is -0.462 e. The maximum atomic E-state index is 13.0. The summed E-state index contributed by atoms with van der Waals surface area (Å²) in [5.74, 6) is -1.33. The molecule has 0 spiro atoms. The molecule has 3 N–H and O–H groups in total. The summed E-state index contributed by atoms with van der Waals surface area (Å²) in [6.07, 6.45) is 49.9. The number of carbonyl (C=O) groups excluding carboxylic acids is 4. The summed E-state index contributed by atoms with van der Waals surface area (Å²) < 4.78 is 68.2. The first kappa shape index (κ1) is 87.1. The van der Waals surface area contributed by atoms with Gasteiger partial charge in [-0.05, 0) is 31.6 Å². The van der Waals surface area contributed by atoms with E-state index in [4.69, 9.17) is 37.0 Å². The van der Waals surface area contributed by atoms with Gasteiger partial charge >= 0.3 is 39.5 Å². The molecule has 0 aromatic carbocycles. The summed E-state index contributed by atoms with van der Waals surface area (Å²) in [6.45, 7) is 7.23. The average Bonchev–Trinajstić information content (AvgIpc) is 3.54. The van der Waals surface area contributed by atoms with Crippen LogP contribution in [-0.2, 0) is 65.4 Å². The number of rotatable bonds is 70. The summed E-state index contributed by atoms with van der Waals surface area (Å²) >= 11 is 0. The highest BCUT2D eigenvalue weighted by molar-refractivity contribution is 7.47. The molecule has 0 aromatic heterocycles. The van der Waals surface area contributed by atoms with Crippen LogP contribution in [0.5, 0.6) is 0 Å². The van der Waals surface area contributed by atoms with Gasteiger partial charge in [-0.1, -0.05) is 311 Å². The van der Waals surface area contributed by atoms with Gasteiger partial charge in [0.25, 0.3) is 0 Å². The van der Waals surface area contributed by atoms with Crippen LogP contribution in [0.15, 0.2) is 0 Å². The van der Waals surface area contributed by atoms with Gasteiger partial charge < -0.3 is 33.8 Å². The monoisotopic (exact) mass is 1310 g/mol. The lowest BCUT2D eigenvalue weighted by atomic mass is 10.0. The Balaban J connectivity index is 5.20. The second-order valence-electron chi connectivity index (χ2n) is 25.7. The van der Waals surface area contributed by atoms with Gasteiger partial charge in [0.2, 0.25) is 0 Å². The SMILES string of the molecule is CCCCCCCCCCCCCCCC(=O)OC[C@H](COP(=O)(O)OC[C@@H](O)COP(=O)(O)OC[C@@H](COC(=O)CCCCCCCCC)OC(=O)CCCCCCCCCCCCCC)OC(=O)CCCCCCCCCCCCCCCCC(C)C. The minimum atomic E-state index is -4.95. The fourth-order valence-corrected chi connectivity index (χ4v) is 12.2. The van der Waals surface area contributed by atoms with Crippen molar-refractivity contribution in [2.45, 2.75) is 380 Å². The smallest absolute Gasteiger partial charge is 0.462 e. The Bertz CT molecular complexity index is 1720. The maximum Gasteiger partial charge on any atom is 0.472 e. The summed E-state index contributed by atoms with van der Waals surface area (Å²) in [7, 11) is -9.89. The number of hydrogen-bond acceptors (Lipinski definition) is 15. The molecule has 0 saturated carbocycles. The van der Waals surface area contributed by atoms with Crippen LogP contribution in [0.2, 0.25) is 0 Å². The number of phosphoric acid groups is 2. The van der Waals surface area contributed by atoms with E-state index in [0.717, 1.165) is 109 Å². The summed E-state index contributed by atoms with van der Waals surface area (Å²) in [5.41, 5.74) is 0. The van der Waals surface area contributed by atoms with Crippen LogP contribution in [-0.4, -0.2) is 96.7 Å². The number of unbranched alkanes of at least 4 members (excludes halogenated alkanes) is 42. The lowest BCUT2D eigenvalue weighted by Gasteiger charge is -2.21. The van der Waals surface area contributed by atoms with Crippen LogP contribution in [0, 0.1) is 5.92 Å². The molecule has 0 saturated heterocycles. The Labute approximate surface area is 543 Å². The van der Waals surface area contributed by atoms with E-state index in [9.17, 15) is 43.2 Å². The molecule has 89 heavy (non-hydrogen) atoms. The van der Waals surface area contributed by atoms with Gasteiger partial charge in [0.1, 0.15) is 19.3 Å². The molecular formula is C70H136O17P2. The molecule has 0 aliphatic heterocycles. The first-order valence-electron chi connectivity index (χ1n) is 36.6. The molecule has 0 bridgehead atoms. The molecule has 0 amide bonds. The molecule has 5 atom stereocenters. The molecule has 0 aromatic rings. The zero-order chi connectivity index (χ0) is 65.6. The molecule has 0 rings (SSSR count). The fraction of sp³-hybridized carbons (Fsp3) is 0.943. The van der Waals surface area contributed by atoms with E-state index < -0.39 is 97.5 Å². The van der Waals surface area contributed by atoms with Gasteiger partial charge in [0.15, 0.2) is 12.2 Å². The summed E-state index contributed by atoms with van der Waals surface area (Å²) in [4.78, 5) is 72.4. The van der Waals surface area contributed by atoms with E-state index in [2.05, 4.69) is 34.6 Å². The van der Waals surface area contributed by atoms with Crippen LogP contribution in [0.25, 0.3) is 0 Å². The largest absolute Gasteiger partial charge is 0.472 e. The lowest BCUT2D eigenvalue weighted by Crippen LogP contribution is -2.30. The predicted molar refractivity (Wildman–Crippen MR) is 358 cm³/mol. The molecule has 2 unspecified atom stereocenters. The molecule has 19 heteroatoms. The summed E-state index contributed by atoms with van der Waals surface area (Å²) in [5, 5.41) is 10.6. The quantitative estimate of drug-likeness (QED) is 0.0222. The molecule has 0 aliphatic rings. The van der Waals surface area contributed by atoms with E-state index in [1.807, 2.05) is 0 Å². The Kier molecular flexibility index (Phi) is 62.1. The fourth-order valence-electron chi connectivity index (χ4n) is 10.6. The van der Waals surface area contributed by atoms with Crippen molar-refractivity contribution >= 4 is 39.5 Å². The Morgan fingerprint density at radius 2 is 0.517 bits per heavy atom. The number of carbonyl (C=O) groups is 4. The van der Waals surface area contributed by atoms with E-state index >= 15 is 0 Å². The van der Waals surface area contributed by atoms with E-state index in [-0.39, 0.29) is 25.7 Å². The summed E-state index contributed by atoms with van der Waals surface area (Å²) in [6, 6.07) is 0. The van der Waals surface area contributed by atoms with Crippen LogP contribution >= 0.6 is 15.6 Å². The van der Waals surface area contributed by atoms with Crippen LogP contribution in [0.3, 0.4) is 0 Å². The molecule has 0 heterocycles. The lowest BCUT2D eigenvalue weighted by molar-refractivity contribution is -0.161. The first-order valence-corrected chi connectivity index (χ1v) is 39.6. The van der Waals surface area contributed by atoms with Crippen molar-refractivity contribution in [3.05, 3.63) is 0 Å². The van der Waals surface area contributed by atoms with Crippen molar-refractivity contribution in [2.75, 3.05) is 39.6 Å². The molecule has 0 fully saturated rings. The number of ether oxygens (including phenoxy) is 4. The normalized spacial score (nSPS) is 14.1. The number of aliphatic hydroxyl groups excluding tert-OH is 1. The van der Waals surface area contributed by atoms with Crippen molar-refractivity contribution in [3.63, 3.8) is 0 Å². The van der Waals surface area contributed by atoms with Crippen molar-refractivity contribution in [1.29, 1.82) is 0 Å². The third kappa shape index (κ3) is 64.6. The predicted octanol–water partition coefficient (Wildman–Crippen LogP) is 20.1. The standard InChI is InChI=1S/C70H136O17P2/c1-6-9-12-15-18-20-22-26-31-34-39-44-49-54-68(73)81-60-66(87-70(75)56-51-46-41-36-32-28-25-24-27-29-33-38-42-47-52-63(4)5)62-85-89(78,79)83-58-64(71)57-82-88(76,77)84-61-65(59-80-67(72)53-48-43-37-17-14-11-8-3)86-69(74)55-50-45-40-35-30-23-21-19-16-13-10-7-2/h63-66,71H,6-62H2,1-5H3,(H,76,77)(H,78,79)/t64-,65+,66+/m0/s1. The molecule has 528 valence electrons. The van der Waals surface area contributed by atoms with Crippen molar-refractivity contribution in [2.24, 2.45) is 5.92 Å². The average molecular weight is 1310 g/mol. The highest BCUT2D eigenvalue weighted by atomic mass is 31.2. The van der Waals surface area contributed by atoms with Crippen LogP contribution in [0.1, 0.15) is 362 Å². The van der Waals surface area contributed by atoms with Crippen molar-refractivity contribution < 1.29 is 80.2 Å². The third-order valence-corrected chi connectivity index (χ3v) is 18.2. The van der Waals surface area contributed by atoms with E-state index in [1.165, 1.54) is 173 Å². The van der Waals surface area contributed by atoms with E-state index in [0.29, 0.717) is 25.7 Å². The maximum absolute atomic E-state index is 13.0. The molecule has 0 aliphatic carbocycles. The second-order valence-corrected chi connectivity index (χ2v) is 28.7. The number of esters is 4. The molecular weight excluding hydrogens is 1170 g/mol. The number of phosphoric ester groups is 2. The zero-order valence-corrected chi connectivity index (χ0v) is 59.4. The van der Waals surface area contributed by atoms with Crippen molar-refractivity contribution in [3.8, 4) is 0 Å². The molecule has 17 nitrogen and oxygen atoms in total. The third-order valence-electron chi connectivity index (χ3n) is 16.3. The highest BCUT2D eigenvalue weighted by Gasteiger charge is 2.30. The number of hydrogen-bond donors (Lipinski definition) is 3. The van der Waals surface area contributed by atoms with E-state index in [1.54, 1.807) is 0 Å². The second kappa shape index (κ2) is 63.5. The Hall–Kier alpha value is -1.94. The Morgan fingerprint density at radius 1 is 0.303 bits per heavy atom. The van der Waals surface area contributed by atoms with Crippen LogP contribution < -0.4 is 0 Å². The van der Waals surface area contributed by atoms with Gasteiger partial charge in [-0.15, -0.1) is 0 Å².